The molecule has 0 unspecified atom stereocenters. The van der Waals surface area contributed by atoms with Gasteiger partial charge in [-0.3, -0.25) is 4.90 Å². The number of nitrogens with zero attached hydrogens (tertiary/aromatic N) is 1. The minimum atomic E-state index is 0. The molecule has 3 heteroatoms. The van der Waals surface area contributed by atoms with Gasteiger partial charge in [0.25, 0.3) is 0 Å². The molecule has 2 N–H and O–H groups in total. The number of hydrogen-bond acceptors (Lipinski definition) is 2. The van der Waals surface area contributed by atoms with E-state index >= 15 is 0 Å². The molecule has 0 saturated carbocycles. The van der Waals surface area contributed by atoms with Gasteiger partial charge in [-0.05, 0) is 18.4 Å². The Bertz CT molecular complexity index is 338. The molecule has 0 bridgehead atoms. The molecular weight excluding hydrogens is 232 g/mol. The van der Waals surface area contributed by atoms with E-state index in [1.807, 2.05) is 0 Å². The fourth-order valence-electron chi connectivity index (χ4n) is 2.21. The summed E-state index contributed by atoms with van der Waals surface area (Å²) in [7, 11) is 0. The Morgan fingerprint density at radius 3 is 2.35 bits per heavy atom. The molecule has 1 aromatic carbocycles. The summed E-state index contributed by atoms with van der Waals surface area (Å²) in [6.07, 6.45) is 4.55. The molecule has 1 heterocycles. The van der Waals surface area contributed by atoms with Crippen molar-refractivity contribution < 1.29 is 0 Å². The van der Waals surface area contributed by atoms with Crippen molar-refractivity contribution in [3.63, 3.8) is 0 Å². The van der Waals surface area contributed by atoms with Gasteiger partial charge in [-0.1, -0.05) is 42.0 Å². The van der Waals surface area contributed by atoms with E-state index in [4.69, 9.17) is 5.73 Å². The van der Waals surface area contributed by atoms with E-state index in [0.29, 0.717) is 6.54 Å². The standard InChI is InChI=1S/C14H20N2.ClH/c15-9-6-13-7-10-16(11-8-13)12-14-4-2-1-3-5-14;/h1-6H,7-12,15H2;1H. The molecule has 17 heavy (non-hydrogen) atoms. The molecule has 0 aliphatic carbocycles. The lowest BCUT2D eigenvalue weighted by Crippen LogP contribution is -2.30. The molecule has 0 spiro atoms. The zero-order chi connectivity index (χ0) is 11.2. The number of hydrogen-bond donors (Lipinski definition) is 1. The van der Waals surface area contributed by atoms with Crippen LogP contribution in [0.3, 0.4) is 0 Å². The SMILES string of the molecule is Cl.NCC=C1CCN(Cc2ccccc2)CC1. The Morgan fingerprint density at radius 1 is 1.12 bits per heavy atom. The summed E-state index contributed by atoms with van der Waals surface area (Å²) < 4.78 is 0. The zero-order valence-corrected chi connectivity index (χ0v) is 11.0. The van der Waals surface area contributed by atoms with Gasteiger partial charge < -0.3 is 5.73 Å². The summed E-state index contributed by atoms with van der Waals surface area (Å²) in [4.78, 5) is 2.52. The van der Waals surface area contributed by atoms with Gasteiger partial charge in [-0.25, -0.2) is 0 Å². The minimum Gasteiger partial charge on any atom is -0.327 e. The van der Waals surface area contributed by atoms with E-state index in [9.17, 15) is 0 Å². The first-order valence-electron chi connectivity index (χ1n) is 6.03. The van der Waals surface area contributed by atoms with Gasteiger partial charge >= 0.3 is 0 Å². The van der Waals surface area contributed by atoms with Crippen molar-refractivity contribution in [2.75, 3.05) is 19.6 Å². The van der Waals surface area contributed by atoms with Gasteiger partial charge in [0.05, 0.1) is 0 Å². The molecule has 0 atom stereocenters. The number of halogens is 1. The number of rotatable bonds is 3. The Labute approximate surface area is 110 Å². The Hall–Kier alpha value is -0.830. The zero-order valence-electron chi connectivity index (χ0n) is 10.1. The van der Waals surface area contributed by atoms with Crippen molar-refractivity contribution in [2.24, 2.45) is 5.73 Å². The summed E-state index contributed by atoms with van der Waals surface area (Å²) in [5.41, 5.74) is 8.47. The second kappa shape index (κ2) is 7.49. The third-order valence-corrected chi connectivity index (χ3v) is 3.15. The Balaban J connectivity index is 0.00000144. The maximum absolute atomic E-state index is 5.53. The molecular formula is C14H21ClN2. The smallest absolute Gasteiger partial charge is 0.0233 e. The largest absolute Gasteiger partial charge is 0.327 e. The van der Waals surface area contributed by atoms with Crippen molar-refractivity contribution in [3.05, 3.63) is 47.5 Å². The summed E-state index contributed by atoms with van der Waals surface area (Å²) in [5.74, 6) is 0. The van der Waals surface area contributed by atoms with Crippen LogP contribution in [0.5, 0.6) is 0 Å². The van der Waals surface area contributed by atoms with Crippen LogP contribution in [0.1, 0.15) is 18.4 Å². The maximum atomic E-state index is 5.53. The van der Waals surface area contributed by atoms with Gasteiger partial charge in [-0.2, -0.15) is 0 Å². The molecule has 1 aromatic rings. The monoisotopic (exact) mass is 252 g/mol. The number of nitrogens with two attached hydrogens (primary N) is 1. The van der Waals surface area contributed by atoms with Crippen LogP contribution in [0, 0.1) is 0 Å². The van der Waals surface area contributed by atoms with Crippen molar-refractivity contribution >= 4 is 12.4 Å². The van der Waals surface area contributed by atoms with Gasteiger partial charge in [0.1, 0.15) is 0 Å². The number of likely N-dealkylation sites (tertiary alicyclic amines) is 1. The van der Waals surface area contributed by atoms with Crippen LogP contribution in [0.25, 0.3) is 0 Å². The number of benzene rings is 1. The van der Waals surface area contributed by atoms with Crippen molar-refractivity contribution in [1.29, 1.82) is 0 Å². The first-order chi connectivity index (χ1) is 7.88. The van der Waals surface area contributed by atoms with Crippen LogP contribution in [0.2, 0.25) is 0 Å². The average Bonchev–Trinajstić information content (AvgIpc) is 2.33. The van der Waals surface area contributed by atoms with Crippen molar-refractivity contribution in [2.45, 2.75) is 19.4 Å². The molecule has 1 aliphatic rings. The van der Waals surface area contributed by atoms with Crippen LogP contribution in [0.15, 0.2) is 42.0 Å². The Kier molecular flexibility index (Phi) is 6.27. The molecule has 1 aliphatic heterocycles. The highest BCUT2D eigenvalue weighted by Gasteiger charge is 2.13. The predicted octanol–water partition coefficient (Wildman–Crippen LogP) is 2.59. The van der Waals surface area contributed by atoms with E-state index < -0.39 is 0 Å². The second-order valence-electron chi connectivity index (χ2n) is 4.36. The third kappa shape index (κ3) is 4.50. The molecule has 2 nitrogen and oxygen atoms in total. The van der Waals surface area contributed by atoms with E-state index in [2.05, 4.69) is 41.3 Å². The van der Waals surface area contributed by atoms with Crippen molar-refractivity contribution in [1.82, 2.24) is 4.90 Å². The fraction of sp³-hybridized carbons (Fsp3) is 0.429. The van der Waals surface area contributed by atoms with Crippen molar-refractivity contribution in [3.8, 4) is 0 Å². The summed E-state index contributed by atoms with van der Waals surface area (Å²) >= 11 is 0. The quantitative estimate of drug-likeness (QED) is 0.838. The summed E-state index contributed by atoms with van der Waals surface area (Å²) in [5, 5.41) is 0. The lowest BCUT2D eigenvalue weighted by Gasteiger charge is -2.28. The minimum absolute atomic E-state index is 0. The van der Waals surface area contributed by atoms with Crippen LogP contribution in [-0.4, -0.2) is 24.5 Å². The highest BCUT2D eigenvalue weighted by Crippen LogP contribution is 2.17. The van der Waals surface area contributed by atoms with Crippen LogP contribution in [-0.2, 0) is 6.54 Å². The average molecular weight is 253 g/mol. The lowest BCUT2D eigenvalue weighted by molar-refractivity contribution is 0.248. The molecule has 2 rings (SSSR count). The third-order valence-electron chi connectivity index (χ3n) is 3.15. The lowest BCUT2D eigenvalue weighted by atomic mass is 10.0. The molecule has 94 valence electrons. The molecule has 0 amide bonds. The Morgan fingerprint density at radius 2 is 1.76 bits per heavy atom. The summed E-state index contributed by atoms with van der Waals surface area (Å²) in [6.45, 7) is 4.10. The molecule has 1 fully saturated rings. The van der Waals surface area contributed by atoms with Gasteiger partial charge in [0.2, 0.25) is 0 Å². The fourth-order valence-corrected chi connectivity index (χ4v) is 2.21. The topological polar surface area (TPSA) is 29.3 Å². The van der Waals surface area contributed by atoms with E-state index in [-0.39, 0.29) is 12.4 Å². The maximum Gasteiger partial charge on any atom is 0.0233 e. The first kappa shape index (κ1) is 14.2. The van der Waals surface area contributed by atoms with E-state index in [1.165, 1.54) is 37.1 Å². The highest BCUT2D eigenvalue weighted by atomic mass is 35.5. The summed E-state index contributed by atoms with van der Waals surface area (Å²) in [6, 6.07) is 10.7. The first-order valence-corrected chi connectivity index (χ1v) is 6.03. The normalized spacial score (nSPS) is 16.4. The highest BCUT2D eigenvalue weighted by molar-refractivity contribution is 5.85. The molecule has 1 saturated heterocycles. The van der Waals surface area contributed by atoms with Gasteiger partial charge in [-0.15, -0.1) is 12.4 Å². The molecule has 0 radical (unpaired) electrons. The van der Waals surface area contributed by atoms with Gasteiger partial charge in [0.15, 0.2) is 0 Å². The number of piperidine rings is 1. The molecule has 0 aromatic heterocycles. The van der Waals surface area contributed by atoms with Crippen LogP contribution >= 0.6 is 12.4 Å². The second-order valence-corrected chi connectivity index (χ2v) is 4.36. The van der Waals surface area contributed by atoms with E-state index in [0.717, 1.165) is 6.54 Å². The van der Waals surface area contributed by atoms with Crippen LogP contribution in [0.4, 0.5) is 0 Å². The van der Waals surface area contributed by atoms with Gasteiger partial charge in [0, 0.05) is 26.2 Å². The predicted molar refractivity (Wildman–Crippen MR) is 75.3 cm³/mol. The van der Waals surface area contributed by atoms with Crippen LogP contribution < -0.4 is 5.73 Å². The van der Waals surface area contributed by atoms with E-state index in [1.54, 1.807) is 0 Å².